The van der Waals surface area contributed by atoms with E-state index in [4.69, 9.17) is 0 Å². The van der Waals surface area contributed by atoms with Crippen LogP contribution < -0.4 is 5.32 Å². The summed E-state index contributed by atoms with van der Waals surface area (Å²) in [6, 6.07) is -0.623. The van der Waals surface area contributed by atoms with Gasteiger partial charge in [-0.3, -0.25) is 4.79 Å². The molecule has 0 aliphatic heterocycles. The maximum atomic E-state index is 12.4. The van der Waals surface area contributed by atoms with Gasteiger partial charge in [0.05, 0.1) is 18.8 Å². The monoisotopic (exact) mass is 676 g/mol. The lowest BCUT2D eigenvalue weighted by Gasteiger charge is -2.20. The van der Waals surface area contributed by atoms with E-state index in [1.54, 1.807) is 6.08 Å². The molecule has 4 nitrogen and oxygen atoms in total. The summed E-state index contributed by atoms with van der Waals surface area (Å²) in [6.07, 6.45) is 51.4. The molecule has 3 N–H and O–H groups in total. The summed E-state index contributed by atoms with van der Waals surface area (Å²) in [4.78, 5) is 12.4. The fraction of sp³-hybridized carbons (Fsp3) is 0.886. The smallest absolute Gasteiger partial charge is 0.220 e. The third-order valence-corrected chi connectivity index (χ3v) is 9.93. The Hall–Kier alpha value is -1.13. The lowest BCUT2D eigenvalue weighted by Crippen LogP contribution is -2.45. The minimum Gasteiger partial charge on any atom is -0.394 e. The molecular formula is C44H85NO3. The Morgan fingerprint density at radius 2 is 0.792 bits per heavy atom. The van der Waals surface area contributed by atoms with E-state index < -0.39 is 12.1 Å². The molecule has 0 spiro atoms. The number of aliphatic hydroxyl groups excluding tert-OH is 2. The molecule has 48 heavy (non-hydrogen) atoms. The molecule has 0 aromatic rings. The van der Waals surface area contributed by atoms with Crippen LogP contribution in [-0.4, -0.2) is 34.9 Å². The number of aliphatic hydroxyl groups is 2. The molecule has 284 valence electrons. The number of amides is 1. The molecule has 0 saturated heterocycles. The minimum atomic E-state index is -0.839. The van der Waals surface area contributed by atoms with Crippen LogP contribution >= 0.6 is 0 Å². The Morgan fingerprint density at radius 1 is 0.479 bits per heavy atom. The normalized spacial score (nSPS) is 13.2. The number of nitrogens with one attached hydrogen (secondary N) is 1. The van der Waals surface area contributed by atoms with Crippen LogP contribution in [0, 0.1) is 0 Å². The summed E-state index contributed by atoms with van der Waals surface area (Å²) in [6.45, 7) is 4.31. The number of carbonyl (C=O) groups excluding carboxylic acids is 1. The van der Waals surface area contributed by atoms with Gasteiger partial charge in [-0.25, -0.2) is 0 Å². The van der Waals surface area contributed by atoms with Gasteiger partial charge in [0.2, 0.25) is 5.91 Å². The zero-order chi connectivity index (χ0) is 35.0. The molecule has 0 radical (unpaired) electrons. The quantitative estimate of drug-likeness (QED) is 0.0448. The highest BCUT2D eigenvalue weighted by molar-refractivity contribution is 5.76. The van der Waals surface area contributed by atoms with Gasteiger partial charge in [0.15, 0.2) is 0 Å². The van der Waals surface area contributed by atoms with E-state index in [0.717, 1.165) is 32.1 Å². The van der Waals surface area contributed by atoms with E-state index in [9.17, 15) is 15.0 Å². The second-order valence-electron chi connectivity index (χ2n) is 14.8. The van der Waals surface area contributed by atoms with Crippen LogP contribution in [0.2, 0.25) is 0 Å². The molecule has 0 saturated carbocycles. The molecule has 0 heterocycles. The van der Waals surface area contributed by atoms with Gasteiger partial charge in [-0.2, -0.15) is 0 Å². The second-order valence-corrected chi connectivity index (χ2v) is 14.8. The minimum absolute atomic E-state index is 0.0710. The van der Waals surface area contributed by atoms with Crippen molar-refractivity contribution in [3.8, 4) is 0 Å². The van der Waals surface area contributed by atoms with Crippen molar-refractivity contribution in [1.82, 2.24) is 5.32 Å². The first-order valence-electron chi connectivity index (χ1n) is 21.6. The fourth-order valence-corrected chi connectivity index (χ4v) is 6.58. The van der Waals surface area contributed by atoms with Crippen molar-refractivity contribution >= 4 is 5.91 Å². The van der Waals surface area contributed by atoms with Crippen molar-refractivity contribution in [2.45, 2.75) is 244 Å². The largest absolute Gasteiger partial charge is 0.394 e. The maximum Gasteiger partial charge on any atom is 0.220 e. The first-order chi connectivity index (χ1) is 23.7. The number of unbranched alkanes of at least 4 members (excludes halogenated alkanes) is 30. The maximum absolute atomic E-state index is 12.4. The summed E-state index contributed by atoms with van der Waals surface area (Å²) >= 11 is 0. The highest BCUT2D eigenvalue weighted by atomic mass is 16.3. The van der Waals surface area contributed by atoms with Crippen LogP contribution in [0.3, 0.4) is 0 Å². The summed E-state index contributed by atoms with van der Waals surface area (Å²) in [5, 5.41) is 23.0. The average molecular weight is 676 g/mol. The van der Waals surface area contributed by atoms with Gasteiger partial charge in [-0.15, -0.1) is 0 Å². The molecule has 0 fully saturated rings. The molecule has 0 aliphatic carbocycles. The molecule has 0 aromatic carbocycles. The third-order valence-electron chi connectivity index (χ3n) is 9.93. The van der Waals surface area contributed by atoms with Crippen molar-refractivity contribution in [2.75, 3.05) is 6.61 Å². The average Bonchev–Trinajstić information content (AvgIpc) is 3.09. The van der Waals surface area contributed by atoms with E-state index in [1.165, 1.54) is 180 Å². The lowest BCUT2D eigenvalue weighted by atomic mass is 10.0. The van der Waals surface area contributed by atoms with Gasteiger partial charge in [0.25, 0.3) is 0 Å². The number of carbonyl (C=O) groups is 1. The van der Waals surface area contributed by atoms with Crippen LogP contribution in [0.15, 0.2) is 24.3 Å². The van der Waals surface area contributed by atoms with Gasteiger partial charge in [-0.05, 0) is 44.9 Å². The molecule has 2 atom stereocenters. The van der Waals surface area contributed by atoms with Crippen LogP contribution in [0.5, 0.6) is 0 Å². The van der Waals surface area contributed by atoms with Crippen molar-refractivity contribution < 1.29 is 15.0 Å². The van der Waals surface area contributed by atoms with Gasteiger partial charge >= 0.3 is 0 Å². The standard InChI is InChI=1S/C44H85NO3/c1-3-5-7-9-11-13-15-17-19-21-22-23-24-25-27-29-31-33-35-37-39-43(47)42(41-46)45-44(48)40-38-36-34-32-30-28-26-20-18-16-14-12-10-8-6-4-2/h20,26,37,39,42-43,46-47H,3-19,21-25,27-36,38,40-41H2,1-2H3,(H,45,48)/b26-20-,39-37+. The molecule has 2 unspecified atom stereocenters. The lowest BCUT2D eigenvalue weighted by molar-refractivity contribution is -0.123. The number of hydrogen-bond donors (Lipinski definition) is 3. The number of rotatable bonds is 39. The number of allylic oxidation sites excluding steroid dienone is 3. The summed E-state index contributed by atoms with van der Waals surface area (Å²) in [5.74, 6) is -0.0710. The van der Waals surface area contributed by atoms with Crippen molar-refractivity contribution in [3.63, 3.8) is 0 Å². The highest BCUT2D eigenvalue weighted by Crippen LogP contribution is 2.15. The van der Waals surface area contributed by atoms with Crippen molar-refractivity contribution in [1.29, 1.82) is 0 Å². The van der Waals surface area contributed by atoms with Crippen LogP contribution in [0.4, 0.5) is 0 Å². The second kappa shape index (κ2) is 40.3. The van der Waals surface area contributed by atoms with E-state index in [0.29, 0.717) is 6.42 Å². The Kier molecular flexibility index (Phi) is 39.4. The van der Waals surface area contributed by atoms with Crippen molar-refractivity contribution in [3.05, 3.63) is 24.3 Å². The predicted molar refractivity (Wildman–Crippen MR) is 212 cm³/mol. The Morgan fingerprint density at radius 3 is 1.15 bits per heavy atom. The highest BCUT2D eigenvalue weighted by Gasteiger charge is 2.17. The number of hydrogen-bond acceptors (Lipinski definition) is 3. The van der Waals surface area contributed by atoms with Gasteiger partial charge in [-0.1, -0.05) is 205 Å². The molecule has 1 amide bonds. The zero-order valence-corrected chi connectivity index (χ0v) is 32.5. The topological polar surface area (TPSA) is 69.6 Å². The Labute approximate surface area is 300 Å². The molecule has 0 rings (SSSR count). The van der Waals surface area contributed by atoms with E-state index in [-0.39, 0.29) is 12.5 Å². The van der Waals surface area contributed by atoms with Crippen LogP contribution in [0.25, 0.3) is 0 Å². The van der Waals surface area contributed by atoms with Crippen LogP contribution in [-0.2, 0) is 4.79 Å². The van der Waals surface area contributed by atoms with E-state index in [2.05, 4.69) is 31.3 Å². The molecule has 0 bridgehead atoms. The van der Waals surface area contributed by atoms with Crippen molar-refractivity contribution in [2.24, 2.45) is 0 Å². The molecule has 4 heteroatoms. The van der Waals surface area contributed by atoms with Gasteiger partial charge in [0.1, 0.15) is 0 Å². The fourth-order valence-electron chi connectivity index (χ4n) is 6.58. The molecule has 0 aromatic heterocycles. The zero-order valence-electron chi connectivity index (χ0n) is 32.5. The Bertz CT molecular complexity index is 691. The summed E-state index contributed by atoms with van der Waals surface area (Å²) in [7, 11) is 0. The summed E-state index contributed by atoms with van der Waals surface area (Å²) in [5.41, 5.74) is 0. The summed E-state index contributed by atoms with van der Waals surface area (Å²) < 4.78 is 0. The van der Waals surface area contributed by atoms with Gasteiger partial charge < -0.3 is 15.5 Å². The molecular weight excluding hydrogens is 590 g/mol. The first-order valence-corrected chi connectivity index (χ1v) is 21.6. The SMILES string of the molecule is CCCCCCCCC/C=C\CCCCCCCC(=O)NC(CO)C(O)/C=C/CCCCCCCCCCCCCCCCCCCC. The van der Waals surface area contributed by atoms with E-state index >= 15 is 0 Å². The third kappa shape index (κ3) is 36.2. The van der Waals surface area contributed by atoms with Gasteiger partial charge in [0, 0.05) is 6.42 Å². The predicted octanol–water partition coefficient (Wildman–Crippen LogP) is 13.2. The first kappa shape index (κ1) is 46.9. The van der Waals surface area contributed by atoms with E-state index in [1.807, 2.05) is 6.08 Å². The molecule has 0 aliphatic rings. The van der Waals surface area contributed by atoms with Crippen LogP contribution in [0.1, 0.15) is 232 Å². The Balaban J connectivity index is 3.57.